The van der Waals surface area contributed by atoms with Gasteiger partial charge in [0.2, 0.25) is 0 Å². The molecule has 2 unspecified atom stereocenters. The third kappa shape index (κ3) is 2.96. The lowest BCUT2D eigenvalue weighted by Gasteiger charge is -2.35. The number of methoxy groups -OCH3 is 1. The third-order valence-electron chi connectivity index (χ3n) is 3.38. The van der Waals surface area contributed by atoms with Crippen LogP contribution in [0.3, 0.4) is 0 Å². The third-order valence-corrected chi connectivity index (χ3v) is 3.38. The first-order valence-electron chi connectivity index (χ1n) is 6.50. The zero-order chi connectivity index (χ0) is 13.3. The molecule has 2 N–H and O–H groups in total. The Morgan fingerprint density at radius 3 is 2.72 bits per heavy atom. The van der Waals surface area contributed by atoms with Gasteiger partial charge in [0, 0.05) is 12.1 Å². The van der Waals surface area contributed by atoms with Crippen LogP contribution in [0.2, 0.25) is 0 Å². The van der Waals surface area contributed by atoms with E-state index in [9.17, 15) is 5.11 Å². The molecule has 0 amide bonds. The summed E-state index contributed by atoms with van der Waals surface area (Å²) in [5.74, 6) is 0.844. The van der Waals surface area contributed by atoms with Crippen molar-refractivity contribution < 1.29 is 9.84 Å². The topological polar surface area (TPSA) is 41.5 Å². The minimum absolute atomic E-state index is 0.130. The van der Waals surface area contributed by atoms with Gasteiger partial charge < -0.3 is 15.2 Å². The highest BCUT2D eigenvalue weighted by Gasteiger charge is 2.29. The highest BCUT2D eigenvalue weighted by atomic mass is 16.5. The second kappa shape index (κ2) is 4.81. The minimum Gasteiger partial charge on any atom is -0.497 e. The van der Waals surface area contributed by atoms with Crippen LogP contribution in [0.25, 0.3) is 0 Å². The number of hydrogen-bond donors (Lipinski definition) is 2. The van der Waals surface area contributed by atoms with E-state index < -0.39 is 0 Å². The van der Waals surface area contributed by atoms with Crippen molar-refractivity contribution in [2.24, 2.45) is 5.41 Å². The molecular formula is C15H23NO2. The van der Waals surface area contributed by atoms with Crippen LogP contribution in [0.1, 0.15) is 32.8 Å². The fourth-order valence-corrected chi connectivity index (χ4v) is 2.52. The molecule has 3 nitrogen and oxygen atoms in total. The monoisotopic (exact) mass is 249 g/mol. The van der Waals surface area contributed by atoms with Gasteiger partial charge in [0.1, 0.15) is 5.75 Å². The summed E-state index contributed by atoms with van der Waals surface area (Å²) in [6, 6.07) is 6.12. The van der Waals surface area contributed by atoms with E-state index in [0.29, 0.717) is 6.42 Å². The van der Waals surface area contributed by atoms with E-state index in [-0.39, 0.29) is 17.6 Å². The van der Waals surface area contributed by atoms with Gasteiger partial charge in [-0.05, 0) is 35.6 Å². The van der Waals surface area contributed by atoms with Gasteiger partial charge in [-0.2, -0.15) is 0 Å². The van der Waals surface area contributed by atoms with Crippen LogP contribution in [0.5, 0.6) is 5.75 Å². The van der Waals surface area contributed by atoms with Gasteiger partial charge in [0.15, 0.2) is 0 Å². The van der Waals surface area contributed by atoms with Crippen LogP contribution in [-0.4, -0.2) is 24.4 Å². The van der Waals surface area contributed by atoms with E-state index in [0.717, 1.165) is 23.4 Å². The van der Waals surface area contributed by atoms with Crippen molar-refractivity contribution in [2.45, 2.75) is 45.8 Å². The molecule has 2 rings (SSSR count). The zero-order valence-corrected chi connectivity index (χ0v) is 11.7. The van der Waals surface area contributed by atoms with Crippen molar-refractivity contribution in [3.05, 3.63) is 23.8 Å². The molecule has 0 spiro atoms. The molecule has 2 atom stereocenters. The number of ether oxygens (including phenoxy) is 1. The molecular weight excluding hydrogens is 226 g/mol. The van der Waals surface area contributed by atoms with Gasteiger partial charge in [-0.15, -0.1) is 0 Å². The zero-order valence-electron chi connectivity index (χ0n) is 11.7. The van der Waals surface area contributed by atoms with Crippen molar-refractivity contribution in [1.29, 1.82) is 0 Å². The van der Waals surface area contributed by atoms with Gasteiger partial charge in [-0.1, -0.05) is 20.8 Å². The van der Waals surface area contributed by atoms with Crippen LogP contribution < -0.4 is 10.1 Å². The molecule has 1 heterocycles. The quantitative estimate of drug-likeness (QED) is 0.847. The second-order valence-electron chi connectivity index (χ2n) is 6.31. The highest BCUT2D eigenvalue weighted by molar-refractivity contribution is 5.57. The molecule has 0 fully saturated rings. The van der Waals surface area contributed by atoms with Crippen LogP contribution in [-0.2, 0) is 6.42 Å². The number of rotatable bonds is 2. The molecule has 1 aromatic carbocycles. The number of anilines is 1. The van der Waals surface area contributed by atoms with Gasteiger partial charge >= 0.3 is 0 Å². The van der Waals surface area contributed by atoms with Crippen molar-refractivity contribution in [2.75, 3.05) is 12.4 Å². The average Bonchev–Trinajstić information content (AvgIpc) is 2.27. The lowest BCUT2D eigenvalue weighted by Crippen LogP contribution is -2.41. The van der Waals surface area contributed by atoms with Crippen molar-refractivity contribution in [3.8, 4) is 5.75 Å². The fourth-order valence-electron chi connectivity index (χ4n) is 2.52. The maximum absolute atomic E-state index is 10.2. The molecule has 1 aliphatic rings. The number of benzene rings is 1. The first-order valence-corrected chi connectivity index (χ1v) is 6.50. The molecule has 100 valence electrons. The van der Waals surface area contributed by atoms with E-state index in [1.165, 1.54) is 0 Å². The molecule has 18 heavy (non-hydrogen) atoms. The van der Waals surface area contributed by atoms with Gasteiger partial charge in [0.25, 0.3) is 0 Å². The summed E-state index contributed by atoms with van der Waals surface area (Å²) in [5.41, 5.74) is 2.46. The predicted octanol–water partition coefficient (Wildman–Crippen LogP) is 2.83. The Balaban J connectivity index is 2.18. The average molecular weight is 249 g/mol. The second-order valence-corrected chi connectivity index (χ2v) is 6.31. The summed E-state index contributed by atoms with van der Waals surface area (Å²) in [6.45, 7) is 6.60. The number of hydrogen-bond acceptors (Lipinski definition) is 3. The summed E-state index contributed by atoms with van der Waals surface area (Å²) >= 11 is 0. The van der Waals surface area contributed by atoms with E-state index >= 15 is 0 Å². The fraction of sp³-hybridized carbons (Fsp3) is 0.600. The molecule has 1 aromatic rings. The standard InChI is InChI=1S/C15H23NO2/c1-15(2,3)9-13-14(17)8-10-7-11(18-4)5-6-12(10)16-13/h5-7,13-14,16-17H,8-9H2,1-4H3. The Morgan fingerprint density at radius 1 is 1.39 bits per heavy atom. The van der Waals surface area contributed by atoms with Crippen molar-refractivity contribution >= 4 is 5.69 Å². The minimum atomic E-state index is -0.330. The van der Waals surface area contributed by atoms with Crippen LogP contribution in [0.4, 0.5) is 5.69 Å². The Kier molecular flexibility index (Phi) is 3.53. The SMILES string of the molecule is COc1ccc2c(c1)CC(O)C(CC(C)(C)C)N2. The van der Waals surface area contributed by atoms with E-state index in [4.69, 9.17) is 4.74 Å². The van der Waals surface area contributed by atoms with Crippen LogP contribution in [0.15, 0.2) is 18.2 Å². The first kappa shape index (κ1) is 13.2. The highest BCUT2D eigenvalue weighted by Crippen LogP contribution is 2.33. The van der Waals surface area contributed by atoms with Crippen molar-refractivity contribution in [3.63, 3.8) is 0 Å². The van der Waals surface area contributed by atoms with Crippen LogP contribution >= 0.6 is 0 Å². The largest absolute Gasteiger partial charge is 0.497 e. The maximum atomic E-state index is 10.2. The molecule has 0 aromatic heterocycles. The summed E-state index contributed by atoms with van der Waals surface area (Å²) in [5, 5.41) is 13.7. The molecule has 0 saturated carbocycles. The summed E-state index contributed by atoms with van der Waals surface area (Å²) in [6.07, 6.45) is 1.32. The summed E-state index contributed by atoms with van der Waals surface area (Å²) < 4.78 is 5.21. The normalized spacial score (nSPS) is 23.2. The molecule has 3 heteroatoms. The van der Waals surface area contributed by atoms with Gasteiger partial charge in [0.05, 0.1) is 19.3 Å². The van der Waals surface area contributed by atoms with E-state index in [2.05, 4.69) is 26.1 Å². The number of aliphatic hydroxyl groups excluding tert-OH is 1. The number of aliphatic hydroxyl groups is 1. The van der Waals surface area contributed by atoms with Gasteiger partial charge in [-0.25, -0.2) is 0 Å². The smallest absolute Gasteiger partial charge is 0.119 e. The Hall–Kier alpha value is -1.22. The molecule has 0 aliphatic carbocycles. The molecule has 0 bridgehead atoms. The van der Waals surface area contributed by atoms with Gasteiger partial charge in [-0.3, -0.25) is 0 Å². The lowest BCUT2D eigenvalue weighted by molar-refractivity contribution is 0.126. The number of fused-ring (bicyclic) bond motifs is 1. The maximum Gasteiger partial charge on any atom is 0.119 e. The first-order chi connectivity index (χ1) is 8.39. The van der Waals surface area contributed by atoms with Crippen LogP contribution in [0, 0.1) is 5.41 Å². The molecule has 1 aliphatic heterocycles. The lowest BCUT2D eigenvalue weighted by atomic mass is 9.83. The molecule has 0 saturated heterocycles. The van der Waals surface area contributed by atoms with E-state index in [1.54, 1.807) is 7.11 Å². The predicted molar refractivity (Wildman–Crippen MR) is 74.2 cm³/mol. The van der Waals surface area contributed by atoms with Crippen molar-refractivity contribution in [1.82, 2.24) is 0 Å². The Morgan fingerprint density at radius 2 is 2.11 bits per heavy atom. The Bertz CT molecular complexity index is 423. The summed E-state index contributed by atoms with van der Waals surface area (Å²) in [7, 11) is 1.66. The number of nitrogens with one attached hydrogen (secondary N) is 1. The van der Waals surface area contributed by atoms with E-state index in [1.807, 2.05) is 18.2 Å². The summed E-state index contributed by atoms with van der Waals surface area (Å²) in [4.78, 5) is 0. The Labute approximate surface area is 109 Å². The molecule has 0 radical (unpaired) electrons.